The van der Waals surface area contributed by atoms with Gasteiger partial charge in [0.05, 0.1) is 56.4 Å². The SMILES string of the molecule is CO[C@H]1/C=C/O[C@@]2(C)Oc3c(C)c(=O)c4c(O)c(c5sc6cc(N7CCC(N(C)C(=O)OCc8ccc(NC(=O)CNC(=O)C(NC(=O)CCCCCN9C(=O)C=CC9=O)C(C)C)cc8)CC7)ccc6nc5c4c3C2=O)NC(=O)/C(C)=C\C=C\[C@H](C)C[C@@H](C)C[C@@H](C)[C@H](O)[C@@H]1C. The van der Waals surface area contributed by atoms with Crippen LogP contribution in [0.3, 0.4) is 0 Å². The number of phenols is 1. The maximum absolute atomic E-state index is 14.9. The largest absolute Gasteiger partial charge is 0.505 e. The van der Waals surface area contributed by atoms with Crippen LogP contribution in [-0.4, -0.2) is 143 Å². The van der Waals surface area contributed by atoms with Crippen molar-refractivity contribution in [3.63, 3.8) is 0 Å². The number of aliphatic hydroxyl groups excluding tert-OH is 1. The number of nitrogens with one attached hydrogen (secondary N) is 4. The van der Waals surface area contributed by atoms with Crippen molar-refractivity contribution in [2.75, 3.05) is 55.9 Å². The summed E-state index contributed by atoms with van der Waals surface area (Å²) in [7, 11) is 3.24. The lowest BCUT2D eigenvalue weighted by Gasteiger charge is -2.37. The molecule has 0 radical (unpaired) electrons. The van der Waals surface area contributed by atoms with E-state index in [0.29, 0.717) is 76.9 Å². The Balaban J connectivity index is 0.846. The monoisotopic (exact) mass is 1340 g/mol. The minimum atomic E-state index is -1.97. The van der Waals surface area contributed by atoms with Crippen molar-refractivity contribution in [2.24, 2.45) is 29.6 Å². The number of amides is 7. The Hall–Kier alpha value is -9.00. The van der Waals surface area contributed by atoms with Gasteiger partial charge in [-0.15, -0.1) is 11.3 Å². The minimum absolute atomic E-state index is 0.0140. The van der Waals surface area contributed by atoms with E-state index in [1.165, 1.54) is 50.7 Å². The number of piperidine rings is 1. The van der Waals surface area contributed by atoms with Gasteiger partial charge in [0.15, 0.2) is 11.2 Å². The molecule has 96 heavy (non-hydrogen) atoms. The van der Waals surface area contributed by atoms with E-state index in [2.05, 4.69) is 40.0 Å². The van der Waals surface area contributed by atoms with Crippen LogP contribution >= 0.6 is 11.3 Å². The molecule has 4 aliphatic rings. The zero-order valence-corrected chi connectivity index (χ0v) is 57.2. The van der Waals surface area contributed by atoms with E-state index in [-0.39, 0.29) is 118 Å². The number of Topliss-reactive ketones (excluding diaryl/α,β-unsaturated/α-hetero) is 1. The number of hydrogen-bond acceptors (Lipinski definition) is 18. The van der Waals surface area contributed by atoms with E-state index in [1.54, 1.807) is 69.1 Å². The average molecular weight is 1340 g/mol. The Morgan fingerprint density at radius 2 is 1.62 bits per heavy atom. The number of rotatable bonds is 17. The van der Waals surface area contributed by atoms with Crippen LogP contribution < -0.4 is 36.3 Å². The summed E-state index contributed by atoms with van der Waals surface area (Å²) in [5.41, 5.74) is 2.34. The van der Waals surface area contributed by atoms with Crippen molar-refractivity contribution in [2.45, 2.75) is 150 Å². The molecule has 9 rings (SSSR count). The number of ether oxygens (including phenoxy) is 4. The normalized spacial score (nSPS) is 23.6. The molecule has 23 nitrogen and oxygen atoms in total. The number of allylic oxidation sites excluding steroid dienone is 3. The van der Waals surface area contributed by atoms with Crippen molar-refractivity contribution in [3.8, 4) is 11.5 Å². The molecule has 0 spiro atoms. The summed E-state index contributed by atoms with van der Waals surface area (Å²) in [6.45, 7) is 17.4. The third-order valence-electron chi connectivity index (χ3n) is 18.7. The van der Waals surface area contributed by atoms with Gasteiger partial charge in [-0.3, -0.25) is 43.3 Å². The molecule has 512 valence electrons. The molecular formula is C72H88N8O15S. The van der Waals surface area contributed by atoms with Gasteiger partial charge in [0.1, 0.15) is 24.1 Å². The number of carbonyl (C=O) groups excluding carboxylic acids is 8. The van der Waals surface area contributed by atoms with Gasteiger partial charge >= 0.3 is 11.9 Å². The number of nitrogens with zero attached hydrogens (tertiary/aromatic N) is 4. The first-order valence-corrected chi connectivity index (χ1v) is 33.7. The maximum Gasteiger partial charge on any atom is 0.410 e. The van der Waals surface area contributed by atoms with E-state index in [1.807, 2.05) is 44.2 Å². The molecule has 1 saturated heterocycles. The maximum atomic E-state index is 14.9. The fraction of sp³-hybridized carbons (Fsp3) is 0.472. The zero-order chi connectivity index (χ0) is 69.4. The summed E-state index contributed by atoms with van der Waals surface area (Å²) < 4.78 is 25.0. The molecule has 4 aliphatic heterocycles. The number of methoxy groups -OCH3 is 1. The van der Waals surface area contributed by atoms with Crippen molar-refractivity contribution in [1.29, 1.82) is 0 Å². The van der Waals surface area contributed by atoms with Gasteiger partial charge in [-0.2, -0.15) is 0 Å². The quantitative estimate of drug-likeness (QED) is 0.0166. The Bertz CT molecular complexity index is 4000. The van der Waals surface area contributed by atoms with Crippen LogP contribution in [0, 0.1) is 36.5 Å². The zero-order valence-electron chi connectivity index (χ0n) is 56.4. The number of anilines is 3. The van der Waals surface area contributed by atoms with Crippen LogP contribution in [0.25, 0.3) is 31.2 Å². The fourth-order valence-corrected chi connectivity index (χ4v) is 14.1. The Morgan fingerprint density at radius 3 is 2.31 bits per heavy atom. The third-order valence-corrected chi connectivity index (χ3v) is 19.8. The lowest BCUT2D eigenvalue weighted by molar-refractivity contribution is -0.137. The third kappa shape index (κ3) is 16.1. The van der Waals surface area contributed by atoms with Crippen molar-refractivity contribution in [1.82, 2.24) is 25.4 Å². The topological polar surface area (TPSA) is 302 Å². The van der Waals surface area contributed by atoms with Gasteiger partial charge in [-0.1, -0.05) is 78.3 Å². The van der Waals surface area contributed by atoms with E-state index in [4.69, 9.17) is 23.9 Å². The molecule has 1 fully saturated rings. The number of aromatic nitrogens is 1. The average Bonchev–Trinajstić information content (AvgIpc) is 1.42. The second kappa shape index (κ2) is 30.8. The Kier molecular flexibility index (Phi) is 22.9. The smallest absolute Gasteiger partial charge is 0.410 e. The molecule has 0 saturated carbocycles. The summed E-state index contributed by atoms with van der Waals surface area (Å²) in [4.78, 5) is 130. The van der Waals surface area contributed by atoms with E-state index in [0.717, 1.165) is 23.4 Å². The highest BCUT2D eigenvalue weighted by Crippen LogP contribution is 2.50. The molecule has 1 unspecified atom stereocenters. The van der Waals surface area contributed by atoms with Crippen LogP contribution in [-0.2, 0) is 49.6 Å². The van der Waals surface area contributed by atoms with Crippen LogP contribution in [0.15, 0.2) is 95.6 Å². The molecule has 4 bridgehead atoms. The second-order valence-electron chi connectivity index (χ2n) is 26.4. The predicted molar refractivity (Wildman–Crippen MR) is 367 cm³/mol. The predicted octanol–water partition coefficient (Wildman–Crippen LogP) is 9.87. The first-order valence-electron chi connectivity index (χ1n) is 32.9. The molecule has 6 N–H and O–H groups in total. The molecule has 7 amide bonds. The second-order valence-corrected chi connectivity index (χ2v) is 27.4. The minimum Gasteiger partial charge on any atom is -0.505 e. The highest BCUT2D eigenvalue weighted by Gasteiger charge is 2.49. The number of imide groups is 1. The number of ketones is 1. The summed E-state index contributed by atoms with van der Waals surface area (Å²) in [6.07, 6.45) is 13.7. The van der Waals surface area contributed by atoms with Gasteiger partial charge < -0.3 is 60.2 Å². The standard InChI is InChI=1S/C72H88N8O15S/c1-39(2)60(76-53(81)18-13-12-14-30-80-55(83)25-26-56(80)84)70(90)73-37-54(82)74-47-21-19-46(20-22-47)38-93-71(91)78(10)48-27-31-79(32-28-48)49-23-24-50-52(36-49)96-67-61(75-50)57-58-64(86)45(8)66-59(57)68(88)72(9,95-66)94-33-29-51(92-11)44(7)63(85)43(6)35-41(4)34-40(3)16-15-17-42(5)69(89)77-62(67)65(58)87/h15-17,19-26,29,33,36,39-41,43-44,48,51,60,63,85,87H,12-14,18,27-28,30-32,34-35,37-38H2,1-11H3,(H,73,90)(H,74,82)(H,76,81)(H,77,89)/b16-15+,33-29+,42-17-/t40-,41+,43+,44+,51-,60?,63-,72-/m0/s1. The molecule has 0 aliphatic carbocycles. The lowest BCUT2D eigenvalue weighted by Crippen LogP contribution is -2.51. The number of carbonyl (C=O) groups is 8. The van der Waals surface area contributed by atoms with Crippen molar-refractivity contribution < 1.29 is 67.5 Å². The van der Waals surface area contributed by atoms with Gasteiger partial charge in [0, 0.05) is 99.1 Å². The van der Waals surface area contributed by atoms with Gasteiger partial charge in [-0.25, -0.2) is 9.78 Å². The first-order chi connectivity index (χ1) is 45.7. The molecular weight excluding hydrogens is 1250 g/mol. The number of aliphatic hydroxyl groups is 1. The number of benzene rings is 4. The van der Waals surface area contributed by atoms with Crippen molar-refractivity contribution in [3.05, 3.63) is 118 Å². The summed E-state index contributed by atoms with van der Waals surface area (Å²) in [5, 5.41) is 34.8. The van der Waals surface area contributed by atoms with Gasteiger partial charge in [0.25, 0.3) is 23.5 Å². The number of aromatic hydroxyl groups is 1. The summed E-state index contributed by atoms with van der Waals surface area (Å²) in [5.74, 6) is -6.04. The van der Waals surface area contributed by atoms with Crippen LogP contribution in [0.1, 0.15) is 128 Å². The van der Waals surface area contributed by atoms with Gasteiger partial charge in [0.2, 0.25) is 17.7 Å². The molecule has 8 atom stereocenters. The van der Waals surface area contributed by atoms with Crippen LogP contribution in [0.4, 0.5) is 21.9 Å². The van der Waals surface area contributed by atoms with Crippen LogP contribution in [0.2, 0.25) is 0 Å². The number of unbranched alkanes of at least 4 members (excludes halogenated alkanes) is 2. The van der Waals surface area contributed by atoms with Crippen LogP contribution in [0.5, 0.6) is 11.5 Å². The highest BCUT2D eigenvalue weighted by atomic mass is 32.1. The summed E-state index contributed by atoms with van der Waals surface area (Å²) >= 11 is 1.23. The first kappa shape index (κ1) is 71.3. The molecule has 4 aromatic carbocycles. The summed E-state index contributed by atoms with van der Waals surface area (Å²) in [6, 6.07) is 11.4. The van der Waals surface area contributed by atoms with E-state index < -0.39 is 64.8 Å². The van der Waals surface area contributed by atoms with Crippen molar-refractivity contribution >= 4 is 107 Å². The fourth-order valence-electron chi connectivity index (χ4n) is 13.0. The Labute approximate surface area is 562 Å². The van der Waals surface area contributed by atoms with Gasteiger partial charge in [-0.05, 0) is 118 Å². The Morgan fingerprint density at radius 1 is 0.917 bits per heavy atom. The molecule has 5 heterocycles. The van der Waals surface area contributed by atoms with E-state index in [9.17, 15) is 53.4 Å². The highest BCUT2D eigenvalue weighted by molar-refractivity contribution is 7.25. The van der Waals surface area contributed by atoms with E-state index >= 15 is 0 Å². The lowest BCUT2D eigenvalue weighted by atomic mass is 9.82. The number of phenolic OH excluding ortho intramolecular Hbond substituents is 1. The molecule has 24 heteroatoms. The number of hydrogen-bond donors (Lipinski definition) is 6. The molecule has 5 aromatic rings. The number of fused-ring (bicyclic) bond motifs is 2. The molecule has 1 aromatic heterocycles.